The average Bonchev–Trinajstić information content (AvgIpc) is 2.27. The van der Waals surface area contributed by atoms with Crippen LogP contribution in [0.3, 0.4) is 0 Å². The lowest BCUT2D eigenvalue weighted by Crippen LogP contribution is -2.32. The second-order valence-electron chi connectivity index (χ2n) is 4.31. The van der Waals surface area contributed by atoms with Gasteiger partial charge in [-0.15, -0.1) is 0 Å². The molecule has 1 aliphatic rings. The second kappa shape index (κ2) is 4.13. The van der Waals surface area contributed by atoms with Crippen molar-refractivity contribution in [3.8, 4) is 5.75 Å². The highest BCUT2D eigenvalue weighted by molar-refractivity contribution is 5.61. The molecule has 2 heteroatoms. The average molecular weight is 205 g/mol. The van der Waals surface area contributed by atoms with Crippen LogP contribution in [-0.4, -0.2) is 19.7 Å². The van der Waals surface area contributed by atoms with Crippen LogP contribution in [0.4, 0.5) is 5.69 Å². The van der Waals surface area contributed by atoms with E-state index in [-0.39, 0.29) is 0 Å². The zero-order valence-electron chi connectivity index (χ0n) is 9.79. The van der Waals surface area contributed by atoms with E-state index < -0.39 is 0 Å². The number of hydrogen-bond donors (Lipinski definition) is 0. The summed E-state index contributed by atoms with van der Waals surface area (Å²) in [5.74, 6) is 1.62. The first-order valence-corrected chi connectivity index (χ1v) is 5.74. The predicted octanol–water partition coefficient (Wildman–Crippen LogP) is 3.03. The smallest absolute Gasteiger partial charge is 0.142 e. The van der Waals surface area contributed by atoms with Crippen LogP contribution in [0.25, 0.3) is 0 Å². The Bertz CT molecular complexity index is 346. The fourth-order valence-corrected chi connectivity index (χ4v) is 1.98. The van der Waals surface area contributed by atoms with Gasteiger partial charge in [0.15, 0.2) is 0 Å². The number of rotatable bonds is 2. The maximum absolute atomic E-state index is 5.70. The van der Waals surface area contributed by atoms with Gasteiger partial charge in [-0.1, -0.05) is 19.9 Å². The molecule has 0 aliphatic carbocycles. The molecule has 0 unspecified atom stereocenters. The molecule has 0 aromatic heterocycles. The minimum Gasteiger partial charge on any atom is -0.490 e. The molecule has 15 heavy (non-hydrogen) atoms. The third-order valence-electron chi connectivity index (χ3n) is 2.99. The monoisotopic (exact) mass is 205 g/mol. The number of anilines is 1. The molecule has 0 saturated heterocycles. The van der Waals surface area contributed by atoms with E-state index in [0.717, 1.165) is 25.4 Å². The fraction of sp³-hybridized carbons (Fsp3) is 0.538. The van der Waals surface area contributed by atoms with Gasteiger partial charge in [0, 0.05) is 6.54 Å². The van der Waals surface area contributed by atoms with Gasteiger partial charge in [-0.05, 0) is 30.5 Å². The van der Waals surface area contributed by atoms with E-state index in [1.54, 1.807) is 0 Å². The minimum absolute atomic E-state index is 0.566. The van der Waals surface area contributed by atoms with E-state index in [1.807, 2.05) is 0 Å². The van der Waals surface area contributed by atoms with Crippen LogP contribution in [0.15, 0.2) is 18.2 Å². The molecular formula is C13H19NO. The van der Waals surface area contributed by atoms with Crippen molar-refractivity contribution >= 4 is 5.69 Å². The van der Waals surface area contributed by atoms with E-state index in [4.69, 9.17) is 4.74 Å². The lowest BCUT2D eigenvalue weighted by atomic mass is 10.0. The Morgan fingerprint density at radius 3 is 2.87 bits per heavy atom. The van der Waals surface area contributed by atoms with Crippen LogP contribution in [0.2, 0.25) is 0 Å². The third-order valence-corrected chi connectivity index (χ3v) is 2.99. The topological polar surface area (TPSA) is 12.5 Å². The summed E-state index contributed by atoms with van der Waals surface area (Å²) in [5.41, 5.74) is 2.60. The summed E-state index contributed by atoms with van der Waals surface area (Å²) in [7, 11) is 0. The highest BCUT2D eigenvalue weighted by Gasteiger charge is 2.17. The van der Waals surface area contributed by atoms with Crippen LogP contribution in [0.1, 0.15) is 32.3 Å². The quantitative estimate of drug-likeness (QED) is 0.736. The van der Waals surface area contributed by atoms with Crippen LogP contribution in [-0.2, 0) is 0 Å². The summed E-state index contributed by atoms with van der Waals surface area (Å²) in [5, 5.41) is 0. The lowest BCUT2D eigenvalue weighted by molar-refractivity contribution is 0.308. The number of fused-ring (bicyclic) bond motifs is 1. The van der Waals surface area contributed by atoms with Crippen molar-refractivity contribution in [2.75, 3.05) is 24.6 Å². The van der Waals surface area contributed by atoms with Gasteiger partial charge in [-0.2, -0.15) is 0 Å². The summed E-state index contributed by atoms with van der Waals surface area (Å²) >= 11 is 0. The van der Waals surface area contributed by atoms with Crippen LogP contribution in [0.5, 0.6) is 5.75 Å². The molecule has 0 saturated carbocycles. The van der Waals surface area contributed by atoms with Gasteiger partial charge in [-0.25, -0.2) is 0 Å². The largest absolute Gasteiger partial charge is 0.490 e. The van der Waals surface area contributed by atoms with Gasteiger partial charge >= 0.3 is 0 Å². The van der Waals surface area contributed by atoms with E-state index >= 15 is 0 Å². The normalized spacial score (nSPS) is 15.1. The van der Waals surface area contributed by atoms with Gasteiger partial charge in [0.05, 0.1) is 12.2 Å². The molecule has 1 aliphatic heterocycles. The minimum atomic E-state index is 0.566. The number of hydrogen-bond acceptors (Lipinski definition) is 2. The van der Waals surface area contributed by atoms with Crippen LogP contribution in [0, 0.1) is 0 Å². The SMILES string of the molecule is CCN1CCOc2cc(C(C)C)ccc21. The molecular weight excluding hydrogens is 186 g/mol. The molecule has 0 spiro atoms. The van der Waals surface area contributed by atoms with Gasteiger partial charge in [-0.3, -0.25) is 0 Å². The van der Waals surface area contributed by atoms with Crippen LogP contribution >= 0.6 is 0 Å². The first-order valence-electron chi connectivity index (χ1n) is 5.74. The van der Waals surface area contributed by atoms with Crippen molar-refractivity contribution in [3.05, 3.63) is 23.8 Å². The van der Waals surface area contributed by atoms with Gasteiger partial charge in [0.2, 0.25) is 0 Å². The van der Waals surface area contributed by atoms with Crippen molar-refractivity contribution in [1.82, 2.24) is 0 Å². The molecule has 0 radical (unpaired) electrons. The molecule has 82 valence electrons. The number of nitrogens with zero attached hydrogens (tertiary/aromatic N) is 1. The number of ether oxygens (including phenoxy) is 1. The van der Waals surface area contributed by atoms with E-state index in [0.29, 0.717) is 5.92 Å². The second-order valence-corrected chi connectivity index (χ2v) is 4.31. The van der Waals surface area contributed by atoms with Gasteiger partial charge in [0.1, 0.15) is 12.4 Å². The standard InChI is InChI=1S/C13H19NO/c1-4-14-7-8-15-13-9-11(10(2)3)5-6-12(13)14/h5-6,9-10H,4,7-8H2,1-3H3. The predicted molar refractivity (Wildman–Crippen MR) is 63.9 cm³/mol. The lowest BCUT2D eigenvalue weighted by Gasteiger charge is -2.30. The molecule has 0 atom stereocenters. The Labute approximate surface area is 91.9 Å². The molecule has 2 rings (SSSR count). The molecule has 0 fully saturated rings. The highest BCUT2D eigenvalue weighted by atomic mass is 16.5. The molecule has 1 aromatic carbocycles. The molecule has 2 nitrogen and oxygen atoms in total. The molecule has 0 bridgehead atoms. The highest BCUT2D eigenvalue weighted by Crippen LogP contribution is 2.33. The molecule has 0 N–H and O–H groups in total. The van der Waals surface area contributed by atoms with Crippen molar-refractivity contribution < 1.29 is 4.74 Å². The molecule has 1 heterocycles. The molecule has 0 amide bonds. The summed E-state index contributed by atoms with van der Waals surface area (Å²) < 4.78 is 5.70. The van der Waals surface area contributed by atoms with Crippen molar-refractivity contribution in [2.45, 2.75) is 26.7 Å². The first kappa shape index (κ1) is 10.3. The van der Waals surface area contributed by atoms with E-state index in [2.05, 4.69) is 43.9 Å². The van der Waals surface area contributed by atoms with Crippen molar-refractivity contribution in [2.24, 2.45) is 0 Å². The summed E-state index contributed by atoms with van der Waals surface area (Å²) in [6, 6.07) is 6.58. The van der Waals surface area contributed by atoms with Crippen molar-refractivity contribution in [1.29, 1.82) is 0 Å². The Balaban J connectivity index is 2.36. The van der Waals surface area contributed by atoms with E-state index in [9.17, 15) is 0 Å². The maximum atomic E-state index is 5.70. The first-order chi connectivity index (χ1) is 7.22. The Morgan fingerprint density at radius 1 is 1.40 bits per heavy atom. The Hall–Kier alpha value is -1.18. The third kappa shape index (κ3) is 1.94. The Morgan fingerprint density at radius 2 is 2.20 bits per heavy atom. The fourth-order valence-electron chi connectivity index (χ4n) is 1.98. The maximum Gasteiger partial charge on any atom is 0.142 e. The van der Waals surface area contributed by atoms with Crippen molar-refractivity contribution in [3.63, 3.8) is 0 Å². The number of likely N-dealkylation sites (N-methyl/N-ethyl adjacent to an activating group) is 1. The summed E-state index contributed by atoms with van der Waals surface area (Å²) in [6.07, 6.45) is 0. The molecule has 1 aromatic rings. The zero-order valence-corrected chi connectivity index (χ0v) is 9.79. The van der Waals surface area contributed by atoms with Gasteiger partial charge in [0.25, 0.3) is 0 Å². The zero-order chi connectivity index (χ0) is 10.8. The van der Waals surface area contributed by atoms with Gasteiger partial charge < -0.3 is 9.64 Å². The number of benzene rings is 1. The van der Waals surface area contributed by atoms with E-state index in [1.165, 1.54) is 11.3 Å². The summed E-state index contributed by atoms with van der Waals surface area (Å²) in [6.45, 7) is 9.47. The Kier molecular flexibility index (Phi) is 2.85. The summed E-state index contributed by atoms with van der Waals surface area (Å²) in [4.78, 5) is 2.36. The van der Waals surface area contributed by atoms with Crippen LogP contribution < -0.4 is 9.64 Å².